The summed E-state index contributed by atoms with van der Waals surface area (Å²) in [5.74, 6) is 0.0664. The molecule has 0 aliphatic rings. The minimum atomic E-state index is -2.94. The molecule has 0 aromatic heterocycles. The van der Waals surface area contributed by atoms with Gasteiger partial charge < -0.3 is 11.1 Å². The van der Waals surface area contributed by atoms with Gasteiger partial charge in [0.25, 0.3) is 0 Å². The smallest absolute Gasteiger partial charge is 0.237 e. The van der Waals surface area contributed by atoms with Gasteiger partial charge in [-0.05, 0) is 32.2 Å². The normalized spacial score (nSPS) is 15.8. The van der Waals surface area contributed by atoms with Crippen molar-refractivity contribution in [3.8, 4) is 0 Å². The zero-order valence-corrected chi connectivity index (χ0v) is 11.9. The second-order valence-electron chi connectivity index (χ2n) is 5.20. The molecule has 0 aromatic rings. The van der Waals surface area contributed by atoms with Crippen LogP contribution in [0.15, 0.2) is 0 Å². The Kier molecular flexibility index (Phi) is 6.12. The molecule has 5 nitrogen and oxygen atoms in total. The van der Waals surface area contributed by atoms with Gasteiger partial charge in [-0.2, -0.15) is 0 Å². The summed E-state index contributed by atoms with van der Waals surface area (Å²) in [6.45, 7) is 6.26. The SMILES string of the molecule is CC(C)CC(C)(NCCCS(C)(=O)=O)C(N)=O. The summed E-state index contributed by atoms with van der Waals surface area (Å²) in [4.78, 5) is 11.4. The lowest BCUT2D eigenvalue weighted by Gasteiger charge is -2.29. The Bertz CT molecular complexity index is 352. The van der Waals surface area contributed by atoms with Gasteiger partial charge in [-0.25, -0.2) is 8.42 Å². The first-order valence-electron chi connectivity index (χ1n) is 5.79. The molecular weight excluding hydrogens is 240 g/mol. The summed E-state index contributed by atoms with van der Waals surface area (Å²) in [6.07, 6.45) is 2.33. The molecule has 0 rings (SSSR count). The predicted molar refractivity (Wildman–Crippen MR) is 69.4 cm³/mol. The Hall–Kier alpha value is -0.620. The quantitative estimate of drug-likeness (QED) is 0.617. The summed E-state index contributed by atoms with van der Waals surface area (Å²) in [5, 5.41) is 3.06. The van der Waals surface area contributed by atoms with E-state index in [0.717, 1.165) is 0 Å². The van der Waals surface area contributed by atoms with Crippen molar-refractivity contribution < 1.29 is 13.2 Å². The number of hydrogen-bond acceptors (Lipinski definition) is 4. The molecule has 6 heteroatoms. The monoisotopic (exact) mass is 264 g/mol. The van der Waals surface area contributed by atoms with Gasteiger partial charge >= 0.3 is 0 Å². The molecule has 1 amide bonds. The van der Waals surface area contributed by atoms with Gasteiger partial charge in [0.15, 0.2) is 0 Å². The van der Waals surface area contributed by atoms with E-state index < -0.39 is 21.3 Å². The maximum Gasteiger partial charge on any atom is 0.237 e. The molecule has 102 valence electrons. The lowest BCUT2D eigenvalue weighted by Crippen LogP contribution is -2.54. The number of amides is 1. The van der Waals surface area contributed by atoms with Gasteiger partial charge in [0.2, 0.25) is 5.91 Å². The Labute approximate surface area is 104 Å². The Balaban J connectivity index is 4.24. The van der Waals surface area contributed by atoms with E-state index in [4.69, 9.17) is 5.73 Å². The van der Waals surface area contributed by atoms with E-state index in [2.05, 4.69) is 5.32 Å². The van der Waals surface area contributed by atoms with E-state index in [1.165, 1.54) is 6.26 Å². The number of carbonyl (C=O) groups is 1. The van der Waals surface area contributed by atoms with Crippen molar-refractivity contribution in [2.75, 3.05) is 18.6 Å². The van der Waals surface area contributed by atoms with E-state index in [9.17, 15) is 13.2 Å². The van der Waals surface area contributed by atoms with E-state index in [0.29, 0.717) is 25.3 Å². The number of rotatable bonds is 8. The Morgan fingerprint density at radius 3 is 2.29 bits per heavy atom. The Morgan fingerprint density at radius 2 is 1.94 bits per heavy atom. The van der Waals surface area contributed by atoms with Gasteiger partial charge in [-0.1, -0.05) is 13.8 Å². The van der Waals surface area contributed by atoms with Crippen molar-refractivity contribution in [2.24, 2.45) is 11.7 Å². The van der Waals surface area contributed by atoms with Crippen molar-refractivity contribution in [1.29, 1.82) is 0 Å². The fourth-order valence-corrected chi connectivity index (χ4v) is 2.44. The molecule has 1 unspecified atom stereocenters. The standard InChI is InChI=1S/C11H24N2O3S/c1-9(2)8-11(3,10(12)14)13-6-5-7-17(4,15)16/h9,13H,5-8H2,1-4H3,(H2,12,14). The number of nitrogens with two attached hydrogens (primary N) is 1. The highest BCUT2D eigenvalue weighted by atomic mass is 32.2. The van der Waals surface area contributed by atoms with Crippen molar-refractivity contribution >= 4 is 15.7 Å². The lowest BCUT2D eigenvalue weighted by molar-refractivity contribution is -0.124. The third-order valence-electron chi connectivity index (χ3n) is 2.57. The largest absolute Gasteiger partial charge is 0.368 e. The molecule has 0 radical (unpaired) electrons. The van der Waals surface area contributed by atoms with E-state index in [1.807, 2.05) is 13.8 Å². The van der Waals surface area contributed by atoms with Gasteiger partial charge in [-0.15, -0.1) is 0 Å². The number of primary amides is 1. The van der Waals surface area contributed by atoms with Crippen LogP contribution in [0.4, 0.5) is 0 Å². The first-order chi connectivity index (χ1) is 7.57. The van der Waals surface area contributed by atoms with Crippen molar-refractivity contribution in [2.45, 2.75) is 39.2 Å². The molecule has 3 N–H and O–H groups in total. The lowest BCUT2D eigenvalue weighted by atomic mass is 9.90. The van der Waals surface area contributed by atoms with Crippen molar-refractivity contribution in [3.63, 3.8) is 0 Å². The number of nitrogens with one attached hydrogen (secondary N) is 1. The maximum absolute atomic E-state index is 11.4. The summed E-state index contributed by atoms with van der Waals surface area (Å²) < 4.78 is 21.9. The van der Waals surface area contributed by atoms with Gasteiger partial charge in [0, 0.05) is 6.26 Å². The third kappa shape index (κ3) is 7.33. The highest BCUT2D eigenvalue weighted by Crippen LogP contribution is 2.16. The predicted octanol–water partition coefficient (Wildman–Crippen LogP) is 0.301. The van der Waals surface area contributed by atoms with Gasteiger partial charge in [-0.3, -0.25) is 4.79 Å². The fourth-order valence-electron chi connectivity index (χ4n) is 1.78. The minimum Gasteiger partial charge on any atom is -0.368 e. The first-order valence-corrected chi connectivity index (χ1v) is 7.85. The third-order valence-corrected chi connectivity index (χ3v) is 3.60. The van der Waals surface area contributed by atoms with Crippen LogP contribution in [0.3, 0.4) is 0 Å². The minimum absolute atomic E-state index is 0.122. The van der Waals surface area contributed by atoms with Crippen LogP contribution in [0.5, 0.6) is 0 Å². The van der Waals surface area contributed by atoms with Crippen LogP contribution in [-0.2, 0) is 14.6 Å². The molecular formula is C11H24N2O3S. The molecule has 1 atom stereocenters. The topological polar surface area (TPSA) is 89.3 Å². The molecule has 0 fully saturated rings. The first kappa shape index (κ1) is 16.4. The van der Waals surface area contributed by atoms with Crippen LogP contribution < -0.4 is 11.1 Å². The highest BCUT2D eigenvalue weighted by molar-refractivity contribution is 7.90. The fraction of sp³-hybridized carbons (Fsp3) is 0.909. The summed E-state index contributed by atoms with van der Waals surface area (Å²) in [5.41, 5.74) is 4.61. The number of sulfone groups is 1. The van der Waals surface area contributed by atoms with Crippen LogP contribution in [0, 0.1) is 5.92 Å². The van der Waals surface area contributed by atoms with Crippen LogP contribution in [-0.4, -0.2) is 38.4 Å². The highest BCUT2D eigenvalue weighted by Gasteiger charge is 2.30. The molecule has 0 spiro atoms. The molecule has 0 aliphatic heterocycles. The molecule has 0 heterocycles. The number of hydrogen-bond donors (Lipinski definition) is 2. The van der Waals surface area contributed by atoms with Crippen LogP contribution in [0.25, 0.3) is 0 Å². The zero-order valence-electron chi connectivity index (χ0n) is 11.1. The summed E-state index contributed by atoms with van der Waals surface area (Å²) in [7, 11) is -2.94. The van der Waals surface area contributed by atoms with Crippen molar-refractivity contribution in [1.82, 2.24) is 5.32 Å². The summed E-state index contributed by atoms with van der Waals surface area (Å²) in [6, 6.07) is 0. The van der Waals surface area contributed by atoms with Crippen LogP contribution in [0.2, 0.25) is 0 Å². The molecule has 0 aromatic carbocycles. The molecule has 0 aliphatic carbocycles. The zero-order chi connectivity index (χ0) is 13.7. The Morgan fingerprint density at radius 1 is 1.41 bits per heavy atom. The molecule has 17 heavy (non-hydrogen) atoms. The average molecular weight is 264 g/mol. The van der Waals surface area contributed by atoms with E-state index in [1.54, 1.807) is 6.92 Å². The van der Waals surface area contributed by atoms with Crippen LogP contribution in [0.1, 0.15) is 33.6 Å². The molecule has 0 saturated carbocycles. The van der Waals surface area contributed by atoms with Crippen molar-refractivity contribution in [3.05, 3.63) is 0 Å². The maximum atomic E-state index is 11.4. The second kappa shape index (κ2) is 6.35. The molecule has 0 saturated heterocycles. The van der Waals surface area contributed by atoms with E-state index >= 15 is 0 Å². The summed E-state index contributed by atoms with van der Waals surface area (Å²) >= 11 is 0. The van der Waals surface area contributed by atoms with Gasteiger partial charge in [0.1, 0.15) is 9.84 Å². The molecule has 0 bridgehead atoms. The van der Waals surface area contributed by atoms with E-state index in [-0.39, 0.29) is 5.75 Å². The van der Waals surface area contributed by atoms with Gasteiger partial charge in [0.05, 0.1) is 11.3 Å². The second-order valence-corrected chi connectivity index (χ2v) is 7.46. The van der Waals surface area contributed by atoms with Crippen LogP contribution >= 0.6 is 0 Å². The average Bonchev–Trinajstić information content (AvgIpc) is 2.09. The number of carbonyl (C=O) groups excluding carboxylic acids is 1.